The Bertz CT molecular complexity index is 1100. The van der Waals surface area contributed by atoms with Crippen LogP contribution in [0, 0.1) is 5.82 Å². The Morgan fingerprint density at radius 2 is 2.04 bits per heavy atom. The number of halogens is 3. The zero-order valence-electron chi connectivity index (χ0n) is 13.4. The smallest absolute Gasteiger partial charge is 0.266 e. The van der Waals surface area contributed by atoms with Gasteiger partial charge in [0, 0.05) is 12.8 Å². The Morgan fingerprint density at radius 1 is 1.30 bits per heavy atom. The van der Waals surface area contributed by atoms with E-state index in [0.29, 0.717) is 0 Å². The van der Waals surface area contributed by atoms with Crippen LogP contribution in [0.1, 0.15) is 12.3 Å². The molecular weight excluding hydrogens is 438 g/mol. The number of hydrogen-bond donors (Lipinski definition) is 1. The zero-order valence-corrected chi connectivity index (χ0v) is 16.6. The minimum Gasteiger partial charge on any atom is -0.441 e. The van der Waals surface area contributed by atoms with Gasteiger partial charge in [-0.1, -0.05) is 35.3 Å². The normalized spacial score (nSPS) is 11.5. The predicted molar refractivity (Wildman–Crippen MR) is 99.9 cm³/mol. The molecule has 0 radical (unpaired) electrons. The molecule has 0 unspecified atom stereocenters. The van der Waals surface area contributed by atoms with Crippen LogP contribution in [0.25, 0.3) is 11.3 Å². The number of benzene rings is 1. The largest absolute Gasteiger partial charge is 0.441 e. The van der Waals surface area contributed by atoms with Gasteiger partial charge in [0.1, 0.15) is 15.0 Å². The van der Waals surface area contributed by atoms with Crippen molar-refractivity contribution in [2.24, 2.45) is 0 Å². The van der Waals surface area contributed by atoms with Crippen molar-refractivity contribution in [2.75, 3.05) is 0 Å². The summed E-state index contributed by atoms with van der Waals surface area (Å²) in [6.07, 6.45) is 1.18. The van der Waals surface area contributed by atoms with Crippen molar-refractivity contribution in [3.05, 3.63) is 56.9 Å². The number of carbonyl (C=O) groups is 1. The fraction of sp³-hybridized carbons (Fsp3) is 0.125. The van der Waals surface area contributed by atoms with Gasteiger partial charge in [0.15, 0.2) is 11.7 Å². The van der Waals surface area contributed by atoms with Crippen molar-refractivity contribution < 1.29 is 22.0 Å². The Morgan fingerprint density at radius 3 is 2.70 bits per heavy atom. The number of hydrogen-bond acceptors (Lipinski definition) is 6. The maximum absolute atomic E-state index is 13.7. The second kappa shape index (κ2) is 7.97. The first-order valence-electron chi connectivity index (χ1n) is 7.46. The van der Waals surface area contributed by atoms with Gasteiger partial charge in [0.25, 0.3) is 10.0 Å². The summed E-state index contributed by atoms with van der Waals surface area (Å²) in [6.45, 7) is 0. The molecule has 1 amide bonds. The Balaban J connectivity index is 1.63. The Kier molecular flexibility index (Phi) is 5.85. The van der Waals surface area contributed by atoms with Gasteiger partial charge in [-0.3, -0.25) is 4.79 Å². The highest BCUT2D eigenvalue weighted by Crippen LogP contribution is 2.34. The maximum atomic E-state index is 13.7. The van der Waals surface area contributed by atoms with Crippen molar-refractivity contribution in [1.29, 1.82) is 0 Å². The molecule has 0 atom stereocenters. The third-order valence-electron chi connectivity index (χ3n) is 3.42. The van der Waals surface area contributed by atoms with E-state index >= 15 is 0 Å². The predicted octanol–water partition coefficient (Wildman–Crippen LogP) is 4.29. The average molecular weight is 449 g/mol. The summed E-state index contributed by atoms with van der Waals surface area (Å²) in [5.74, 6) is -0.831. The van der Waals surface area contributed by atoms with E-state index in [1.54, 1.807) is 12.1 Å². The standard InChI is InChI=1S/C16H11Cl2FN2O4S2/c17-13-7-12(16(18)26-13)27(23,24)21-14(22)5-6-15-20-8-11(25-15)9-3-1-2-4-10(9)19/h1-4,7-8H,5-6H2,(H,21,22). The van der Waals surface area contributed by atoms with Gasteiger partial charge in [-0.25, -0.2) is 22.5 Å². The van der Waals surface area contributed by atoms with Gasteiger partial charge in [-0.2, -0.15) is 0 Å². The van der Waals surface area contributed by atoms with Crippen LogP contribution in [-0.2, 0) is 21.2 Å². The summed E-state index contributed by atoms with van der Waals surface area (Å²) < 4.78 is 45.6. The molecule has 0 bridgehead atoms. The Hall–Kier alpha value is -1.94. The molecule has 0 saturated heterocycles. The van der Waals surface area contributed by atoms with Gasteiger partial charge in [-0.05, 0) is 18.2 Å². The summed E-state index contributed by atoms with van der Waals surface area (Å²) in [7, 11) is -4.12. The first-order chi connectivity index (χ1) is 12.8. The lowest BCUT2D eigenvalue weighted by molar-refractivity contribution is -0.119. The molecule has 1 N–H and O–H groups in total. The van der Waals surface area contributed by atoms with Crippen molar-refractivity contribution in [1.82, 2.24) is 9.71 Å². The van der Waals surface area contributed by atoms with E-state index in [4.69, 9.17) is 27.6 Å². The highest BCUT2D eigenvalue weighted by atomic mass is 35.5. The molecule has 2 aromatic heterocycles. The van der Waals surface area contributed by atoms with E-state index in [-0.39, 0.29) is 43.6 Å². The number of amides is 1. The van der Waals surface area contributed by atoms with Crippen molar-refractivity contribution in [3.63, 3.8) is 0 Å². The molecule has 6 nitrogen and oxygen atoms in total. The fourth-order valence-corrected chi connectivity index (χ4v) is 5.36. The van der Waals surface area contributed by atoms with E-state index in [9.17, 15) is 17.6 Å². The van der Waals surface area contributed by atoms with Gasteiger partial charge < -0.3 is 4.42 Å². The highest BCUT2D eigenvalue weighted by Gasteiger charge is 2.23. The van der Waals surface area contributed by atoms with Crippen LogP contribution in [0.4, 0.5) is 4.39 Å². The summed E-state index contributed by atoms with van der Waals surface area (Å²) in [6, 6.07) is 7.19. The molecule has 142 valence electrons. The lowest BCUT2D eigenvalue weighted by Gasteiger charge is -2.05. The number of nitrogens with zero attached hydrogens (tertiary/aromatic N) is 1. The molecule has 0 aliphatic carbocycles. The quantitative estimate of drug-likeness (QED) is 0.607. The molecule has 0 saturated carbocycles. The van der Waals surface area contributed by atoms with Crippen LogP contribution in [0.2, 0.25) is 8.67 Å². The molecule has 27 heavy (non-hydrogen) atoms. The van der Waals surface area contributed by atoms with Crippen LogP contribution < -0.4 is 4.72 Å². The number of aromatic nitrogens is 1. The van der Waals surface area contributed by atoms with Crippen molar-refractivity contribution in [2.45, 2.75) is 17.7 Å². The molecule has 0 aliphatic heterocycles. The minimum absolute atomic E-state index is 0.0356. The molecule has 0 fully saturated rings. The second-order valence-corrected chi connectivity index (χ2v) is 9.25. The van der Waals surface area contributed by atoms with Crippen LogP contribution in [-0.4, -0.2) is 19.3 Å². The van der Waals surface area contributed by atoms with Gasteiger partial charge in [0.2, 0.25) is 5.91 Å². The molecule has 11 heteroatoms. The molecule has 2 heterocycles. The number of nitrogens with one attached hydrogen (secondary N) is 1. The number of sulfonamides is 1. The summed E-state index contributed by atoms with van der Waals surface area (Å²) in [4.78, 5) is 15.7. The minimum atomic E-state index is -4.12. The molecule has 3 rings (SSSR count). The molecule has 3 aromatic rings. The lowest BCUT2D eigenvalue weighted by atomic mass is 10.2. The number of thiophene rings is 1. The summed E-state index contributed by atoms with van der Waals surface area (Å²) >= 11 is 12.4. The van der Waals surface area contributed by atoms with E-state index in [1.165, 1.54) is 24.4 Å². The SMILES string of the molecule is O=C(CCc1ncc(-c2ccccc2F)o1)NS(=O)(=O)c1cc(Cl)sc1Cl. The maximum Gasteiger partial charge on any atom is 0.266 e. The van der Waals surface area contributed by atoms with Gasteiger partial charge >= 0.3 is 0 Å². The highest BCUT2D eigenvalue weighted by molar-refractivity contribution is 7.90. The van der Waals surface area contributed by atoms with Gasteiger partial charge in [-0.15, -0.1) is 11.3 Å². The summed E-state index contributed by atoms with van der Waals surface area (Å²) in [5.41, 5.74) is 0.243. The molecule has 0 spiro atoms. The lowest BCUT2D eigenvalue weighted by Crippen LogP contribution is -2.30. The van der Waals surface area contributed by atoms with E-state index in [1.807, 2.05) is 4.72 Å². The van der Waals surface area contributed by atoms with Crippen LogP contribution in [0.15, 0.2) is 45.8 Å². The zero-order chi connectivity index (χ0) is 19.6. The number of rotatable bonds is 6. The molecule has 0 aliphatic rings. The number of oxazole rings is 1. The van der Waals surface area contributed by atoms with Crippen molar-refractivity contribution >= 4 is 50.5 Å². The van der Waals surface area contributed by atoms with Gasteiger partial charge in [0.05, 0.1) is 16.1 Å². The van der Waals surface area contributed by atoms with Crippen LogP contribution in [0.3, 0.4) is 0 Å². The molecular formula is C16H11Cl2FN2O4S2. The topological polar surface area (TPSA) is 89.3 Å². The molecule has 1 aromatic carbocycles. The monoisotopic (exact) mass is 448 g/mol. The third-order valence-corrected chi connectivity index (χ3v) is 6.55. The first kappa shape index (κ1) is 19.8. The van der Waals surface area contributed by atoms with Crippen LogP contribution >= 0.6 is 34.5 Å². The third kappa shape index (κ3) is 4.67. The Labute approximate surface area is 168 Å². The average Bonchev–Trinajstić information content (AvgIpc) is 3.19. The fourth-order valence-electron chi connectivity index (χ4n) is 2.20. The summed E-state index contributed by atoms with van der Waals surface area (Å²) in [5, 5.41) is 0. The first-order valence-corrected chi connectivity index (χ1v) is 10.5. The van der Waals surface area contributed by atoms with E-state index in [2.05, 4.69) is 4.98 Å². The van der Waals surface area contributed by atoms with E-state index < -0.39 is 21.7 Å². The number of aryl methyl sites for hydroxylation is 1. The van der Waals surface area contributed by atoms with Crippen LogP contribution in [0.5, 0.6) is 0 Å². The van der Waals surface area contributed by atoms with E-state index in [0.717, 1.165) is 11.3 Å². The number of carbonyl (C=O) groups excluding carboxylic acids is 1. The van der Waals surface area contributed by atoms with Crippen molar-refractivity contribution in [3.8, 4) is 11.3 Å². The second-order valence-electron chi connectivity index (χ2n) is 5.32.